The number of nitrogens with one attached hydrogen (secondary N) is 1. The van der Waals surface area contributed by atoms with Gasteiger partial charge in [0.25, 0.3) is 5.91 Å². The predicted molar refractivity (Wildman–Crippen MR) is 103 cm³/mol. The van der Waals surface area contributed by atoms with Crippen molar-refractivity contribution in [1.29, 1.82) is 0 Å². The molecule has 1 aliphatic rings. The summed E-state index contributed by atoms with van der Waals surface area (Å²) in [4.78, 5) is 19.1. The first-order valence-corrected chi connectivity index (χ1v) is 8.55. The molecule has 0 spiro atoms. The van der Waals surface area contributed by atoms with E-state index in [4.69, 9.17) is 9.47 Å². The van der Waals surface area contributed by atoms with Crippen LogP contribution in [0.1, 0.15) is 22.1 Å². The first kappa shape index (κ1) is 16.9. The van der Waals surface area contributed by atoms with Gasteiger partial charge in [-0.3, -0.25) is 9.69 Å². The molecule has 2 aromatic carbocycles. The minimum absolute atomic E-state index is 0.0886. The highest BCUT2D eigenvalue weighted by molar-refractivity contribution is 6.11. The molecule has 0 saturated heterocycles. The SMILES string of the molecule is COc1ccc(NC2c3ccccc3C(=O)N2c2ccccn2)c(OC)c1. The van der Waals surface area contributed by atoms with E-state index < -0.39 is 6.17 Å². The van der Waals surface area contributed by atoms with Gasteiger partial charge in [0, 0.05) is 23.4 Å². The highest BCUT2D eigenvalue weighted by Gasteiger charge is 2.38. The monoisotopic (exact) mass is 361 g/mol. The number of pyridine rings is 1. The molecule has 1 N–H and O–H groups in total. The lowest BCUT2D eigenvalue weighted by atomic mass is 10.1. The molecule has 1 aromatic heterocycles. The minimum Gasteiger partial charge on any atom is -0.497 e. The largest absolute Gasteiger partial charge is 0.497 e. The standard InChI is InChI=1S/C21H19N3O3/c1-26-14-10-11-17(18(13-14)27-2)23-20-15-7-3-4-8-16(15)21(25)24(20)19-9-5-6-12-22-19/h3-13,20,23H,1-2H3. The van der Waals surface area contributed by atoms with Crippen molar-refractivity contribution in [3.05, 3.63) is 78.0 Å². The second-order valence-corrected chi connectivity index (χ2v) is 6.06. The number of hydrogen-bond donors (Lipinski definition) is 1. The van der Waals surface area contributed by atoms with Crippen LogP contribution in [0.4, 0.5) is 11.5 Å². The Hall–Kier alpha value is -3.54. The van der Waals surface area contributed by atoms with Gasteiger partial charge in [-0.15, -0.1) is 0 Å². The number of rotatable bonds is 5. The summed E-state index contributed by atoms with van der Waals surface area (Å²) >= 11 is 0. The number of methoxy groups -OCH3 is 2. The minimum atomic E-state index is -0.397. The fraction of sp³-hybridized carbons (Fsp3) is 0.143. The van der Waals surface area contributed by atoms with Crippen molar-refractivity contribution in [2.75, 3.05) is 24.4 Å². The van der Waals surface area contributed by atoms with E-state index in [9.17, 15) is 4.79 Å². The van der Waals surface area contributed by atoms with Crippen LogP contribution in [0.25, 0.3) is 0 Å². The van der Waals surface area contributed by atoms with Crippen LogP contribution >= 0.6 is 0 Å². The molecule has 1 unspecified atom stereocenters. The zero-order valence-corrected chi connectivity index (χ0v) is 15.0. The first-order valence-electron chi connectivity index (χ1n) is 8.55. The van der Waals surface area contributed by atoms with E-state index in [2.05, 4.69) is 10.3 Å². The molecular formula is C21H19N3O3. The molecule has 0 radical (unpaired) electrons. The van der Waals surface area contributed by atoms with Gasteiger partial charge in [-0.25, -0.2) is 4.98 Å². The van der Waals surface area contributed by atoms with Gasteiger partial charge in [-0.2, -0.15) is 0 Å². The molecule has 0 saturated carbocycles. The van der Waals surface area contributed by atoms with Crippen LogP contribution in [0.2, 0.25) is 0 Å². The Morgan fingerprint density at radius 2 is 1.81 bits per heavy atom. The number of nitrogens with zero attached hydrogens (tertiary/aromatic N) is 2. The Labute approximate surface area is 157 Å². The number of carbonyl (C=O) groups excluding carboxylic acids is 1. The number of aromatic nitrogens is 1. The van der Waals surface area contributed by atoms with E-state index in [1.54, 1.807) is 31.4 Å². The van der Waals surface area contributed by atoms with Gasteiger partial charge < -0.3 is 14.8 Å². The van der Waals surface area contributed by atoms with E-state index in [1.807, 2.05) is 54.6 Å². The average molecular weight is 361 g/mol. The number of fused-ring (bicyclic) bond motifs is 1. The van der Waals surface area contributed by atoms with E-state index in [0.717, 1.165) is 11.3 Å². The number of benzene rings is 2. The predicted octanol–water partition coefficient (Wildman–Crippen LogP) is 3.87. The molecule has 0 bridgehead atoms. The van der Waals surface area contributed by atoms with Crippen LogP contribution in [0.5, 0.6) is 11.5 Å². The zero-order chi connectivity index (χ0) is 18.8. The van der Waals surface area contributed by atoms with E-state index in [-0.39, 0.29) is 5.91 Å². The van der Waals surface area contributed by atoms with Crippen LogP contribution in [0.3, 0.4) is 0 Å². The number of carbonyl (C=O) groups is 1. The van der Waals surface area contributed by atoms with Gasteiger partial charge in [0.15, 0.2) is 0 Å². The molecule has 136 valence electrons. The van der Waals surface area contributed by atoms with Crippen LogP contribution < -0.4 is 19.7 Å². The maximum Gasteiger partial charge on any atom is 0.261 e. The molecular weight excluding hydrogens is 342 g/mol. The smallest absolute Gasteiger partial charge is 0.261 e. The first-order chi connectivity index (χ1) is 13.2. The fourth-order valence-corrected chi connectivity index (χ4v) is 3.26. The van der Waals surface area contributed by atoms with Crippen LogP contribution in [-0.4, -0.2) is 25.1 Å². The molecule has 1 atom stereocenters. The molecule has 6 heteroatoms. The summed E-state index contributed by atoms with van der Waals surface area (Å²) in [6.45, 7) is 0. The molecule has 2 heterocycles. The molecule has 27 heavy (non-hydrogen) atoms. The molecule has 1 aliphatic heterocycles. The highest BCUT2D eigenvalue weighted by atomic mass is 16.5. The van der Waals surface area contributed by atoms with Gasteiger partial charge >= 0.3 is 0 Å². The number of hydrogen-bond acceptors (Lipinski definition) is 5. The van der Waals surface area contributed by atoms with Crippen molar-refractivity contribution < 1.29 is 14.3 Å². The summed E-state index contributed by atoms with van der Waals surface area (Å²) in [5.74, 6) is 1.83. The third kappa shape index (κ3) is 2.95. The number of ether oxygens (including phenoxy) is 2. The Morgan fingerprint density at radius 3 is 2.56 bits per heavy atom. The Balaban J connectivity index is 1.78. The van der Waals surface area contributed by atoms with E-state index in [0.29, 0.717) is 22.9 Å². The van der Waals surface area contributed by atoms with Gasteiger partial charge in [0.1, 0.15) is 23.5 Å². The van der Waals surface area contributed by atoms with Crippen molar-refractivity contribution in [3.63, 3.8) is 0 Å². The molecule has 6 nitrogen and oxygen atoms in total. The van der Waals surface area contributed by atoms with Gasteiger partial charge in [-0.05, 0) is 30.3 Å². The normalized spacial score (nSPS) is 15.4. The van der Waals surface area contributed by atoms with Crippen molar-refractivity contribution in [2.45, 2.75) is 6.17 Å². The van der Waals surface area contributed by atoms with Crippen molar-refractivity contribution in [2.24, 2.45) is 0 Å². The number of amides is 1. The maximum atomic E-state index is 13.0. The van der Waals surface area contributed by atoms with Crippen LogP contribution in [0.15, 0.2) is 66.9 Å². The molecule has 0 fully saturated rings. The fourth-order valence-electron chi connectivity index (χ4n) is 3.26. The lowest BCUT2D eigenvalue weighted by Crippen LogP contribution is -2.33. The van der Waals surface area contributed by atoms with Crippen molar-refractivity contribution >= 4 is 17.4 Å². The van der Waals surface area contributed by atoms with Gasteiger partial charge in [0.05, 0.1) is 19.9 Å². The Morgan fingerprint density at radius 1 is 1.00 bits per heavy atom. The highest BCUT2D eigenvalue weighted by Crippen LogP contribution is 2.39. The van der Waals surface area contributed by atoms with Crippen molar-refractivity contribution in [3.8, 4) is 11.5 Å². The molecule has 1 amide bonds. The van der Waals surface area contributed by atoms with Gasteiger partial charge in [-0.1, -0.05) is 24.3 Å². The summed E-state index contributed by atoms with van der Waals surface area (Å²) in [5, 5.41) is 3.43. The lowest BCUT2D eigenvalue weighted by Gasteiger charge is -2.27. The summed E-state index contributed by atoms with van der Waals surface area (Å²) in [5.41, 5.74) is 2.31. The second kappa shape index (κ2) is 6.99. The quantitative estimate of drug-likeness (QED) is 0.747. The summed E-state index contributed by atoms with van der Waals surface area (Å²) in [6.07, 6.45) is 1.28. The third-order valence-electron chi connectivity index (χ3n) is 4.56. The third-order valence-corrected chi connectivity index (χ3v) is 4.56. The van der Waals surface area contributed by atoms with E-state index in [1.165, 1.54) is 0 Å². The molecule has 0 aliphatic carbocycles. The Bertz CT molecular complexity index is 975. The maximum absolute atomic E-state index is 13.0. The van der Waals surface area contributed by atoms with Crippen molar-refractivity contribution in [1.82, 2.24) is 4.98 Å². The summed E-state index contributed by atoms with van der Waals surface area (Å²) < 4.78 is 10.8. The zero-order valence-electron chi connectivity index (χ0n) is 15.0. The van der Waals surface area contributed by atoms with Crippen LogP contribution in [0, 0.1) is 0 Å². The average Bonchev–Trinajstić information content (AvgIpc) is 3.01. The summed E-state index contributed by atoms with van der Waals surface area (Å²) in [7, 11) is 3.21. The van der Waals surface area contributed by atoms with Crippen LogP contribution in [-0.2, 0) is 0 Å². The Kier molecular flexibility index (Phi) is 4.38. The molecule has 4 rings (SSSR count). The van der Waals surface area contributed by atoms with Gasteiger partial charge in [0.2, 0.25) is 0 Å². The summed E-state index contributed by atoms with van der Waals surface area (Å²) in [6, 6.07) is 18.6. The molecule has 3 aromatic rings. The lowest BCUT2D eigenvalue weighted by molar-refractivity contribution is 0.0992. The number of anilines is 2. The second-order valence-electron chi connectivity index (χ2n) is 6.06. The van der Waals surface area contributed by atoms with E-state index >= 15 is 0 Å². The topological polar surface area (TPSA) is 63.7 Å².